The predicted octanol–water partition coefficient (Wildman–Crippen LogP) is 4.11. The lowest BCUT2D eigenvalue weighted by Crippen LogP contribution is -2.39. The van der Waals surface area contributed by atoms with Crippen molar-refractivity contribution in [3.8, 4) is 17.1 Å². The molecule has 0 saturated heterocycles. The fourth-order valence-corrected chi connectivity index (χ4v) is 5.48. The summed E-state index contributed by atoms with van der Waals surface area (Å²) in [6.07, 6.45) is 1.55. The van der Waals surface area contributed by atoms with Gasteiger partial charge in [-0.25, -0.2) is 14.2 Å². The molecule has 3 heterocycles. The van der Waals surface area contributed by atoms with Gasteiger partial charge in [0.15, 0.2) is 4.80 Å². The summed E-state index contributed by atoms with van der Waals surface area (Å²) in [4.78, 5) is 42.1. The minimum Gasteiger partial charge on any atom is -0.496 e. The Labute approximate surface area is 230 Å². The highest BCUT2D eigenvalue weighted by atomic mass is 32.1. The van der Waals surface area contributed by atoms with Crippen LogP contribution in [0, 0.1) is 15.9 Å². The summed E-state index contributed by atoms with van der Waals surface area (Å²) >= 11 is 1.12. The number of benzene rings is 2. The van der Waals surface area contributed by atoms with Crippen molar-refractivity contribution >= 4 is 29.1 Å². The zero-order chi connectivity index (χ0) is 28.6. The number of nitrogens with zero attached hydrogens (tertiary/aromatic N) is 3. The van der Waals surface area contributed by atoms with Crippen molar-refractivity contribution in [2.75, 3.05) is 13.7 Å². The second-order valence-corrected chi connectivity index (χ2v) is 9.71. The number of hydrogen-bond acceptors (Lipinski definition) is 9. The molecule has 1 atom stereocenters. The van der Waals surface area contributed by atoms with E-state index in [1.54, 1.807) is 32.1 Å². The quantitative estimate of drug-likeness (QED) is 0.188. The molecule has 0 aliphatic carbocycles. The third-order valence-corrected chi connectivity index (χ3v) is 7.25. The highest BCUT2D eigenvalue weighted by Crippen LogP contribution is 2.34. The first-order valence-electron chi connectivity index (χ1n) is 12.1. The van der Waals surface area contributed by atoms with Crippen LogP contribution < -0.4 is 19.6 Å². The molecule has 5 rings (SSSR count). The van der Waals surface area contributed by atoms with Gasteiger partial charge in [0.05, 0.1) is 52.1 Å². The summed E-state index contributed by atoms with van der Waals surface area (Å²) in [5.41, 5.74) is 1.07. The topological polar surface area (TPSA) is 126 Å². The second kappa shape index (κ2) is 10.7. The van der Waals surface area contributed by atoms with E-state index < -0.39 is 28.3 Å². The average Bonchev–Trinajstić information content (AvgIpc) is 3.52. The van der Waals surface area contributed by atoms with Crippen LogP contribution in [0.5, 0.6) is 5.75 Å². The maximum absolute atomic E-state index is 13.7. The Morgan fingerprint density at radius 2 is 1.98 bits per heavy atom. The molecule has 0 bridgehead atoms. The van der Waals surface area contributed by atoms with Gasteiger partial charge in [0.2, 0.25) is 0 Å². The maximum atomic E-state index is 13.7. The normalized spacial score (nSPS) is 15.0. The smallest absolute Gasteiger partial charge is 0.338 e. The van der Waals surface area contributed by atoms with Gasteiger partial charge in [-0.15, -0.1) is 0 Å². The number of fused-ring (bicyclic) bond motifs is 1. The number of carbonyl (C=O) groups excluding carboxylic acids is 1. The van der Waals surface area contributed by atoms with Gasteiger partial charge in [0.1, 0.15) is 23.1 Å². The molecule has 2 aromatic carbocycles. The summed E-state index contributed by atoms with van der Waals surface area (Å²) in [6.45, 7) is 3.48. The van der Waals surface area contributed by atoms with Crippen LogP contribution in [0.1, 0.15) is 31.2 Å². The fraction of sp³-hybridized carbons (Fsp3) is 0.179. The highest BCUT2D eigenvalue weighted by molar-refractivity contribution is 7.07. The van der Waals surface area contributed by atoms with Crippen molar-refractivity contribution in [3.63, 3.8) is 0 Å². The van der Waals surface area contributed by atoms with E-state index in [1.165, 1.54) is 54.1 Å². The minimum atomic E-state index is -0.866. The lowest BCUT2D eigenvalue weighted by atomic mass is 9.96. The number of hydrogen-bond donors (Lipinski definition) is 0. The fourth-order valence-electron chi connectivity index (χ4n) is 4.45. The first kappa shape index (κ1) is 26.8. The molecule has 0 saturated carbocycles. The molecule has 40 heavy (non-hydrogen) atoms. The van der Waals surface area contributed by atoms with Crippen LogP contribution in [-0.4, -0.2) is 29.2 Å². The Morgan fingerprint density at radius 3 is 2.65 bits per heavy atom. The number of allylic oxidation sites excluding steroid dienone is 1. The number of carbonyl (C=O) groups is 1. The molecule has 204 valence electrons. The predicted molar refractivity (Wildman–Crippen MR) is 144 cm³/mol. The number of rotatable bonds is 7. The van der Waals surface area contributed by atoms with Gasteiger partial charge in [-0.2, -0.15) is 0 Å². The van der Waals surface area contributed by atoms with E-state index in [0.29, 0.717) is 37.7 Å². The SMILES string of the molecule is CCOC(=O)C1=C(C)N=c2s/c(=C\c3ccc(-c4ccc([N+](=O)[O-])cc4OC)o3)c(=O)n2[C@@H]1c1ccc(F)cc1. The number of non-ortho nitro benzene ring substituents is 1. The monoisotopic (exact) mass is 563 g/mol. The van der Waals surface area contributed by atoms with Crippen molar-refractivity contribution in [2.45, 2.75) is 19.9 Å². The molecule has 0 unspecified atom stereocenters. The standard InChI is InChI=1S/C28H22FN3O7S/c1-4-38-27(34)24-15(2)30-28-31(25(24)16-5-7-17(29)8-6-16)26(33)23(40-28)14-19-10-12-21(39-19)20-11-9-18(32(35)36)13-22(20)37-3/h5-14,25H,4H2,1-3H3/b23-14-/t25-/m1/s1. The Kier molecular flexibility index (Phi) is 7.18. The number of esters is 1. The number of methoxy groups -OCH3 is 1. The van der Waals surface area contributed by atoms with E-state index in [-0.39, 0.29) is 23.6 Å². The Bertz CT molecular complexity index is 1850. The van der Waals surface area contributed by atoms with Crippen LogP contribution in [0.4, 0.5) is 10.1 Å². The summed E-state index contributed by atoms with van der Waals surface area (Å²) in [7, 11) is 1.40. The summed E-state index contributed by atoms with van der Waals surface area (Å²) < 4.78 is 31.9. The molecule has 4 aromatic rings. The molecule has 0 spiro atoms. The molecule has 1 aliphatic rings. The lowest BCUT2D eigenvalue weighted by molar-refractivity contribution is -0.384. The summed E-state index contributed by atoms with van der Waals surface area (Å²) in [5.74, 6) is -0.0700. The van der Waals surface area contributed by atoms with E-state index in [4.69, 9.17) is 13.9 Å². The molecule has 2 aromatic heterocycles. The number of halogens is 1. The van der Waals surface area contributed by atoms with Crippen LogP contribution in [0.25, 0.3) is 17.4 Å². The van der Waals surface area contributed by atoms with Gasteiger partial charge in [0.25, 0.3) is 11.2 Å². The molecule has 0 fully saturated rings. The van der Waals surface area contributed by atoms with Crippen LogP contribution in [0.2, 0.25) is 0 Å². The Balaban J connectivity index is 1.61. The largest absolute Gasteiger partial charge is 0.496 e. The number of aromatic nitrogens is 1. The van der Waals surface area contributed by atoms with Crippen molar-refractivity contribution in [2.24, 2.45) is 4.99 Å². The first-order valence-corrected chi connectivity index (χ1v) is 12.9. The number of thiazole rings is 1. The van der Waals surface area contributed by atoms with E-state index in [1.807, 2.05) is 0 Å². The van der Waals surface area contributed by atoms with E-state index in [0.717, 1.165) is 11.3 Å². The number of nitro benzene ring substituents is 1. The van der Waals surface area contributed by atoms with E-state index in [9.17, 15) is 24.1 Å². The van der Waals surface area contributed by atoms with Crippen molar-refractivity contribution in [1.82, 2.24) is 4.57 Å². The van der Waals surface area contributed by atoms with E-state index in [2.05, 4.69) is 4.99 Å². The van der Waals surface area contributed by atoms with Crippen molar-refractivity contribution < 1.29 is 28.0 Å². The van der Waals surface area contributed by atoms with Crippen molar-refractivity contribution in [3.05, 3.63) is 113 Å². The molecule has 1 aliphatic heterocycles. The van der Waals surface area contributed by atoms with Gasteiger partial charge in [0, 0.05) is 12.1 Å². The third kappa shape index (κ3) is 4.84. The minimum absolute atomic E-state index is 0.123. The van der Waals surface area contributed by atoms with Crippen LogP contribution >= 0.6 is 11.3 Å². The van der Waals surface area contributed by atoms with Crippen LogP contribution in [0.3, 0.4) is 0 Å². The summed E-state index contributed by atoms with van der Waals surface area (Å²) in [6, 6.07) is 12.2. The summed E-state index contributed by atoms with van der Waals surface area (Å²) in [5, 5.41) is 11.1. The lowest BCUT2D eigenvalue weighted by Gasteiger charge is -2.24. The Morgan fingerprint density at radius 1 is 1.23 bits per heavy atom. The van der Waals surface area contributed by atoms with Crippen molar-refractivity contribution in [1.29, 1.82) is 0 Å². The molecule has 10 nitrogen and oxygen atoms in total. The molecular weight excluding hydrogens is 541 g/mol. The molecular formula is C28H22FN3O7S. The number of ether oxygens (including phenoxy) is 2. The van der Waals surface area contributed by atoms with Crippen LogP contribution in [0.15, 0.2) is 80.1 Å². The Hall–Kier alpha value is -4.84. The van der Waals surface area contributed by atoms with Gasteiger partial charge in [-0.3, -0.25) is 19.5 Å². The van der Waals surface area contributed by atoms with Crippen LogP contribution in [-0.2, 0) is 9.53 Å². The van der Waals surface area contributed by atoms with E-state index >= 15 is 0 Å². The third-order valence-electron chi connectivity index (χ3n) is 6.26. The average molecular weight is 564 g/mol. The number of nitro groups is 1. The zero-order valence-corrected chi connectivity index (χ0v) is 22.4. The zero-order valence-electron chi connectivity index (χ0n) is 21.5. The first-order chi connectivity index (χ1) is 19.2. The molecule has 0 N–H and O–H groups in total. The molecule has 0 amide bonds. The van der Waals surface area contributed by atoms with Gasteiger partial charge in [-0.1, -0.05) is 23.5 Å². The highest BCUT2D eigenvalue weighted by Gasteiger charge is 2.33. The maximum Gasteiger partial charge on any atom is 0.338 e. The second-order valence-electron chi connectivity index (χ2n) is 8.70. The molecule has 12 heteroatoms. The molecule has 0 radical (unpaired) electrons. The van der Waals surface area contributed by atoms with Gasteiger partial charge >= 0.3 is 5.97 Å². The van der Waals surface area contributed by atoms with Gasteiger partial charge in [-0.05, 0) is 49.7 Å². The van der Waals surface area contributed by atoms with Gasteiger partial charge < -0.3 is 13.9 Å². The number of furan rings is 1.